The quantitative estimate of drug-likeness (QED) is 0.545. The van der Waals surface area contributed by atoms with Crippen LogP contribution in [0.4, 0.5) is 11.4 Å². The summed E-state index contributed by atoms with van der Waals surface area (Å²) in [6.45, 7) is 0. The highest BCUT2D eigenvalue weighted by Gasteiger charge is 2.20. The Kier molecular flexibility index (Phi) is 4.80. The van der Waals surface area contributed by atoms with Crippen LogP contribution in [-0.4, -0.2) is 20.8 Å². The molecule has 0 saturated carbocycles. The molecule has 1 aliphatic rings. The highest BCUT2D eigenvalue weighted by molar-refractivity contribution is 6.08. The number of nitro groups is 1. The number of nitro benzene ring substituents is 1. The third kappa shape index (κ3) is 3.46. The van der Waals surface area contributed by atoms with Gasteiger partial charge in [0.2, 0.25) is 0 Å². The summed E-state index contributed by atoms with van der Waals surface area (Å²) < 4.78 is 0. The first kappa shape index (κ1) is 17.8. The van der Waals surface area contributed by atoms with E-state index in [4.69, 9.17) is 0 Å². The van der Waals surface area contributed by atoms with E-state index in [0.29, 0.717) is 11.3 Å². The van der Waals surface area contributed by atoms with E-state index in [-0.39, 0.29) is 11.6 Å². The third-order valence-corrected chi connectivity index (χ3v) is 4.89. The van der Waals surface area contributed by atoms with E-state index in [0.717, 1.165) is 48.2 Å². The minimum atomic E-state index is -0.473. The van der Waals surface area contributed by atoms with E-state index >= 15 is 0 Å². The minimum absolute atomic E-state index is 0.0222. The van der Waals surface area contributed by atoms with Crippen LogP contribution in [0.15, 0.2) is 54.9 Å². The normalized spacial score (nSPS) is 12.9. The molecule has 1 N–H and O–H groups in total. The number of carbonyl (C=O) groups excluding carboxylic acids is 1. The fourth-order valence-electron chi connectivity index (χ4n) is 3.51. The lowest BCUT2D eigenvalue weighted by atomic mass is 9.91. The van der Waals surface area contributed by atoms with Gasteiger partial charge in [-0.25, -0.2) is 9.97 Å². The molecule has 0 bridgehead atoms. The van der Waals surface area contributed by atoms with Gasteiger partial charge in [-0.05, 0) is 43.9 Å². The highest BCUT2D eigenvalue weighted by atomic mass is 16.6. The smallest absolute Gasteiger partial charge is 0.269 e. The van der Waals surface area contributed by atoms with Gasteiger partial charge >= 0.3 is 0 Å². The summed E-state index contributed by atoms with van der Waals surface area (Å²) in [5.74, 6) is -0.285. The zero-order valence-electron chi connectivity index (χ0n) is 15.1. The highest BCUT2D eigenvalue weighted by Crippen LogP contribution is 2.31. The monoisotopic (exact) mass is 374 g/mol. The number of non-ortho nitro benzene ring substituents is 1. The van der Waals surface area contributed by atoms with Crippen LogP contribution in [-0.2, 0) is 12.8 Å². The molecule has 0 aliphatic heterocycles. The number of hydrogen-bond acceptors (Lipinski definition) is 5. The van der Waals surface area contributed by atoms with Crippen LogP contribution in [0.2, 0.25) is 0 Å². The van der Waals surface area contributed by atoms with E-state index in [2.05, 4.69) is 15.3 Å². The Morgan fingerprint density at radius 1 is 1.00 bits per heavy atom. The molecule has 7 heteroatoms. The number of aryl methyl sites for hydroxylation is 1. The van der Waals surface area contributed by atoms with Gasteiger partial charge in [-0.15, -0.1) is 0 Å². The molecular weight excluding hydrogens is 356 g/mol. The van der Waals surface area contributed by atoms with Gasteiger partial charge in [0.1, 0.15) is 6.33 Å². The number of anilines is 1. The summed E-state index contributed by atoms with van der Waals surface area (Å²) in [6, 6.07) is 13.1. The number of carbonyl (C=O) groups is 1. The summed E-state index contributed by atoms with van der Waals surface area (Å²) in [5, 5.41) is 13.6. The summed E-state index contributed by atoms with van der Waals surface area (Å²) >= 11 is 0. The molecule has 3 aromatic rings. The average molecular weight is 374 g/mol. The van der Waals surface area contributed by atoms with Crippen molar-refractivity contribution in [3.8, 4) is 11.3 Å². The number of hydrogen-bond donors (Lipinski definition) is 1. The number of fused-ring (bicyclic) bond motifs is 1. The Morgan fingerprint density at radius 3 is 2.54 bits per heavy atom. The van der Waals surface area contributed by atoms with Crippen LogP contribution in [0.25, 0.3) is 11.3 Å². The van der Waals surface area contributed by atoms with E-state index < -0.39 is 4.92 Å². The molecule has 1 aromatic heterocycles. The van der Waals surface area contributed by atoms with Crippen LogP contribution in [0, 0.1) is 10.1 Å². The second-order valence-corrected chi connectivity index (χ2v) is 6.66. The first-order chi connectivity index (χ1) is 13.6. The molecule has 0 unspecified atom stereocenters. The maximum absolute atomic E-state index is 12.9. The van der Waals surface area contributed by atoms with Crippen molar-refractivity contribution >= 4 is 17.3 Å². The Bertz CT molecular complexity index is 1050. The zero-order valence-corrected chi connectivity index (χ0v) is 15.1. The Morgan fingerprint density at radius 2 is 1.75 bits per heavy atom. The fraction of sp³-hybridized carbons (Fsp3) is 0.190. The molecule has 2 aromatic carbocycles. The van der Waals surface area contributed by atoms with E-state index in [1.54, 1.807) is 12.4 Å². The maximum Gasteiger partial charge on any atom is 0.269 e. The van der Waals surface area contributed by atoms with Crippen molar-refractivity contribution in [1.29, 1.82) is 0 Å². The van der Waals surface area contributed by atoms with E-state index in [1.165, 1.54) is 24.3 Å². The second-order valence-electron chi connectivity index (χ2n) is 6.66. The topological polar surface area (TPSA) is 98.0 Å². The predicted molar refractivity (Wildman–Crippen MR) is 105 cm³/mol. The van der Waals surface area contributed by atoms with Gasteiger partial charge in [-0.1, -0.05) is 18.2 Å². The largest absolute Gasteiger partial charge is 0.322 e. The van der Waals surface area contributed by atoms with Crippen molar-refractivity contribution in [3.63, 3.8) is 0 Å². The van der Waals surface area contributed by atoms with E-state index in [1.807, 2.05) is 18.2 Å². The molecule has 7 nitrogen and oxygen atoms in total. The molecule has 0 radical (unpaired) electrons. The first-order valence-electron chi connectivity index (χ1n) is 9.11. The van der Waals surface area contributed by atoms with Crippen LogP contribution < -0.4 is 5.32 Å². The van der Waals surface area contributed by atoms with Crippen LogP contribution in [0.5, 0.6) is 0 Å². The fourth-order valence-corrected chi connectivity index (χ4v) is 3.51. The summed E-state index contributed by atoms with van der Waals surface area (Å²) in [7, 11) is 0. The van der Waals surface area contributed by atoms with Crippen molar-refractivity contribution in [1.82, 2.24) is 9.97 Å². The Balaban J connectivity index is 1.67. The van der Waals surface area contributed by atoms with Crippen molar-refractivity contribution in [3.05, 3.63) is 81.8 Å². The number of amides is 1. The number of nitrogens with one attached hydrogen (secondary N) is 1. The summed E-state index contributed by atoms with van der Waals surface area (Å²) in [4.78, 5) is 32.1. The van der Waals surface area contributed by atoms with Crippen LogP contribution >= 0.6 is 0 Å². The van der Waals surface area contributed by atoms with Gasteiger partial charge in [0.05, 0.1) is 10.6 Å². The number of aromatic nitrogens is 2. The lowest BCUT2D eigenvalue weighted by molar-refractivity contribution is -0.384. The zero-order chi connectivity index (χ0) is 19.5. The third-order valence-electron chi connectivity index (χ3n) is 4.89. The summed E-state index contributed by atoms with van der Waals surface area (Å²) in [6.07, 6.45) is 5.60. The lowest BCUT2D eigenvalue weighted by Gasteiger charge is -2.18. The SMILES string of the molecule is O=C(Nc1ccc([N+](=O)[O-])cc1)c1ccccc1-c1ncnc2c1CCCC2. The van der Waals surface area contributed by atoms with Crippen molar-refractivity contribution in [2.75, 3.05) is 5.32 Å². The number of rotatable bonds is 4. The molecule has 1 aliphatic carbocycles. The predicted octanol–water partition coefficient (Wildman–Crippen LogP) is 4.18. The minimum Gasteiger partial charge on any atom is -0.322 e. The van der Waals surface area contributed by atoms with Crippen molar-refractivity contribution in [2.24, 2.45) is 0 Å². The number of nitrogens with zero attached hydrogens (tertiary/aromatic N) is 3. The Hall–Kier alpha value is -3.61. The Labute approximate surface area is 161 Å². The average Bonchev–Trinajstić information content (AvgIpc) is 2.73. The standard InChI is InChI=1S/C21H18N4O3/c26-21(24-14-9-11-15(12-10-14)25(27)28)17-6-2-1-5-16(17)20-18-7-3-4-8-19(18)22-13-23-20/h1-2,5-6,9-13H,3-4,7-8H2,(H,24,26). The molecule has 140 valence electrons. The van der Waals surface area contributed by atoms with Gasteiger partial charge in [-0.3, -0.25) is 14.9 Å². The van der Waals surface area contributed by atoms with Crippen LogP contribution in [0.1, 0.15) is 34.5 Å². The van der Waals surface area contributed by atoms with Gasteiger partial charge < -0.3 is 5.32 Å². The van der Waals surface area contributed by atoms with Gasteiger partial charge in [0.15, 0.2) is 0 Å². The molecule has 4 rings (SSSR count). The molecule has 0 fully saturated rings. The maximum atomic E-state index is 12.9. The van der Waals surface area contributed by atoms with Gasteiger partial charge in [0.25, 0.3) is 11.6 Å². The molecule has 1 amide bonds. The van der Waals surface area contributed by atoms with Crippen LogP contribution in [0.3, 0.4) is 0 Å². The van der Waals surface area contributed by atoms with Crippen molar-refractivity contribution in [2.45, 2.75) is 25.7 Å². The number of benzene rings is 2. The molecule has 0 saturated heterocycles. The molecule has 0 spiro atoms. The first-order valence-corrected chi connectivity index (χ1v) is 9.11. The molecule has 0 atom stereocenters. The van der Waals surface area contributed by atoms with Crippen molar-refractivity contribution < 1.29 is 9.72 Å². The molecule has 1 heterocycles. The van der Waals surface area contributed by atoms with E-state index in [9.17, 15) is 14.9 Å². The van der Waals surface area contributed by atoms with Gasteiger partial charge in [0, 0.05) is 40.2 Å². The molecular formula is C21H18N4O3. The summed E-state index contributed by atoms with van der Waals surface area (Å²) in [5.41, 5.74) is 4.72. The lowest BCUT2D eigenvalue weighted by Crippen LogP contribution is -2.15. The van der Waals surface area contributed by atoms with Gasteiger partial charge in [-0.2, -0.15) is 0 Å². The second kappa shape index (κ2) is 7.56. The molecule has 28 heavy (non-hydrogen) atoms.